The van der Waals surface area contributed by atoms with Crippen LogP contribution in [0.4, 0.5) is 5.69 Å². The number of hydrogen-bond donors (Lipinski definition) is 1. The molecule has 5 heteroatoms. The highest BCUT2D eigenvalue weighted by Crippen LogP contribution is 2.17. The number of nitrogens with zero attached hydrogens (tertiary/aromatic N) is 2. The molecule has 0 radical (unpaired) electrons. The SMILES string of the molecule is CCCCc1ccc(NC(=O)CCSc2cc(C)ncn2)cc1. The van der Waals surface area contributed by atoms with Crippen LogP contribution in [0.5, 0.6) is 0 Å². The maximum atomic E-state index is 12.0. The third-order valence-electron chi connectivity index (χ3n) is 3.41. The Labute approximate surface area is 142 Å². The number of nitrogens with one attached hydrogen (secondary N) is 1. The summed E-state index contributed by atoms with van der Waals surface area (Å²) >= 11 is 1.57. The van der Waals surface area contributed by atoms with Gasteiger partial charge in [-0.25, -0.2) is 9.97 Å². The highest BCUT2D eigenvalue weighted by molar-refractivity contribution is 7.99. The molecule has 0 saturated carbocycles. The summed E-state index contributed by atoms with van der Waals surface area (Å²) in [4.78, 5) is 20.2. The zero-order valence-corrected chi connectivity index (χ0v) is 14.5. The van der Waals surface area contributed by atoms with Crippen LogP contribution in [-0.4, -0.2) is 21.6 Å². The third-order valence-corrected chi connectivity index (χ3v) is 4.34. The van der Waals surface area contributed by atoms with E-state index in [9.17, 15) is 4.79 Å². The molecule has 1 heterocycles. The summed E-state index contributed by atoms with van der Waals surface area (Å²) in [6.45, 7) is 4.12. The number of hydrogen-bond acceptors (Lipinski definition) is 4. The first-order valence-corrected chi connectivity index (χ1v) is 8.96. The molecule has 0 aliphatic heterocycles. The van der Waals surface area contributed by atoms with Crippen molar-refractivity contribution in [3.63, 3.8) is 0 Å². The normalized spacial score (nSPS) is 10.5. The molecule has 1 N–H and O–H groups in total. The molecule has 0 fully saturated rings. The van der Waals surface area contributed by atoms with E-state index in [2.05, 4.69) is 34.3 Å². The summed E-state index contributed by atoms with van der Waals surface area (Å²) in [6.07, 6.45) is 5.51. The van der Waals surface area contributed by atoms with E-state index in [-0.39, 0.29) is 5.91 Å². The minimum atomic E-state index is 0.0320. The number of benzene rings is 1. The van der Waals surface area contributed by atoms with Gasteiger partial charge in [-0.1, -0.05) is 25.5 Å². The van der Waals surface area contributed by atoms with E-state index in [1.165, 1.54) is 18.4 Å². The lowest BCUT2D eigenvalue weighted by molar-refractivity contribution is -0.115. The fourth-order valence-corrected chi connectivity index (χ4v) is 2.99. The Morgan fingerprint density at radius 2 is 2.00 bits per heavy atom. The number of anilines is 1. The third kappa shape index (κ3) is 6.40. The van der Waals surface area contributed by atoms with Crippen molar-refractivity contribution < 1.29 is 4.79 Å². The van der Waals surface area contributed by atoms with Crippen molar-refractivity contribution in [3.8, 4) is 0 Å². The number of rotatable bonds is 8. The van der Waals surface area contributed by atoms with Crippen molar-refractivity contribution in [2.24, 2.45) is 0 Å². The van der Waals surface area contributed by atoms with E-state index in [0.29, 0.717) is 12.2 Å². The molecular weight excluding hydrogens is 306 g/mol. The van der Waals surface area contributed by atoms with Crippen LogP contribution in [0, 0.1) is 6.92 Å². The molecule has 1 aromatic heterocycles. The molecule has 1 amide bonds. The Morgan fingerprint density at radius 3 is 2.70 bits per heavy atom. The Morgan fingerprint density at radius 1 is 1.22 bits per heavy atom. The van der Waals surface area contributed by atoms with Crippen molar-refractivity contribution in [2.45, 2.75) is 44.6 Å². The van der Waals surface area contributed by atoms with Crippen LogP contribution in [0.25, 0.3) is 0 Å². The highest BCUT2D eigenvalue weighted by atomic mass is 32.2. The second-order valence-electron chi connectivity index (χ2n) is 5.44. The zero-order chi connectivity index (χ0) is 16.5. The molecule has 0 spiro atoms. The van der Waals surface area contributed by atoms with Crippen LogP contribution < -0.4 is 5.32 Å². The summed E-state index contributed by atoms with van der Waals surface area (Å²) in [5, 5.41) is 3.85. The van der Waals surface area contributed by atoms with Gasteiger partial charge in [0.15, 0.2) is 0 Å². The second-order valence-corrected chi connectivity index (χ2v) is 6.56. The summed E-state index contributed by atoms with van der Waals surface area (Å²) in [7, 11) is 0. The molecule has 0 aliphatic rings. The number of aromatic nitrogens is 2. The average Bonchev–Trinajstić information content (AvgIpc) is 2.54. The zero-order valence-electron chi connectivity index (χ0n) is 13.7. The Hall–Kier alpha value is -1.88. The minimum absolute atomic E-state index is 0.0320. The largest absolute Gasteiger partial charge is 0.326 e. The first-order chi connectivity index (χ1) is 11.2. The Kier molecular flexibility index (Phi) is 7.07. The van der Waals surface area contributed by atoms with E-state index in [0.717, 1.165) is 22.8 Å². The molecule has 0 saturated heterocycles. The highest BCUT2D eigenvalue weighted by Gasteiger charge is 2.04. The summed E-state index contributed by atoms with van der Waals surface area (Å²) in [5.41, 5.74) is 3.12. The molecule has 2 aromatic rings. The molecule has 0 bridgehead atoms. The molecule has 122 valence electrons. The van der Waals surface area contributed by atoms with Crippen molar-refractivity contribution in [2.75, 3.05) is 11.1 Å². The van der Waals surface area contributed by atoms with E-state index in [4.69, 9.17) is 0 Å². The van der Waals surface area contributed by atoms with Crippen molar-refractivity contribution in [1.82, 2.24) is 9.97 Å². The van der Waals surface area contributed by atoms with Gasteiger partial charge in [0.25, 0.3) is 0 Å². The van der Waals surface area contributed by atoms with Gasteiger partial charge in [-0.15, -0.1) is 11.8 Å². The fraction of sp³-hybridized carbons (Fsp3) is 0.389. The summed E-state index contributed by atoms with van der Waals surface area (Å²) in [5.74, 6) is 0.737. The van der Waals surface area contributed by atoms with Crippen LogP contribution in [0.15, 0.2) is 41.7 Å². The van der Waals surface area contributed by atoms with Crippen LogP contribution in [0.2, 0.25) is 0 Å². The summed E-state index contributed by atoms with van der Waals surface area (Å²) in [6, 6.07) is 10.1. The van der Waals surface area contributed by atoms with E-state index in [1.807, 2.05) is 25.1 Å². The van der Waals surface area contributed by atoms with Crippen LogP contribution in [-0.2, 0) is 11.2 Å². The predicted octanol–water partition coefficient (Wildman–Crippen LogP) is 4.25. The minimum Gasteiger partial charge on any atom is -0.326 e. The molecule has 0 unspecified atom stereocenters. The number of carbonyl (C=O) groups is 1. The molecule has 0 aliphatic carbocycles. The number of unbranched alkanes of at least 4 members (excludes halogenated alkanes) is 1. The maximum absolute atomic E-state index is 12.0. The molecule has 2 rings (SSSR count). The standard InChI is InChI=1S/C18H23N3OS/c1-3-4-5-15-6-8-16(9-7-15)21-17(22)10-11-23-18-12-14(2)19-13-20-18/h6-9,12-13H,3-5,10-11H2,1-2H3,(H,21,22). The van der Waals surface area contributed by atoms with Gasteiger partial charge in [0.1, 0.15) is 6.33 Å². The Bertz CT molecular complexity index is 628. The van der Waals surface area contributed by atoms with Gasteiger partial charge in [-0.05, 0) is 43.5 Å². The van der Waals surface area contributed by atoms with Crippen molar-refractivity contribution >= 4 is 23.4 Å². The van der Waals surface area contributed by atoms with E-state index >= 15 is 0 Å². The van der Waals surface area contributed by atoms with Gasteiger partial charge in [0.05, 0.1) is 5.03 Å². The van der Waals surface area contributed by atoms with Crippen molar-refractivity contribution in [1.29, 1.82) is 0 Å². The number of amides is 1. The number of thioether (sulfide) groups is 1. The van der Waals surface area contributed by atoms with Gasteiger partial charge < -0.3 is 5.32 Å². The van der Waals surface area contributed by atoms with E-state index < -0.39 is 0 Å². The lowest BCUT2D eigenvalue weighted by Gasteiger charge is -2.06. The second kappa shape index (κ2) is 9.30. The van der Waals surface area contributed by atoms with E-state index in [1.54, 1.807) is 18.1 Å². The first kappa shape index (κ1) is 17.5. The lowest BCUT2D eigenvalue weighted by atomic mass is 10.1. The van der Waals surface area contributed by atoms with Crippen LogP contribution in [0.3, 0.4) is 0 Å². The molecular formula is C18H23N3OS. The Balaban J connectivity index is 1.74. The molecule has 23 heavy (non-hydrogen) atoms. The van der Waals surface area contributed by atoms with Gasteiger partial charge >= 0.3 is 0 Å². The number of aryl methyl sites for hydroxylation is 2. The van der Waals surface area contributed by atoms with Gasteiger partial charge in [0, 0.05) is 23.6 Å². The molecule has 0 atom stereocenters. The van der Waals surface area contributed by atoms with Crippen LogP contribution in [0.1, 0.15) is 37.4 Å². The predicted molar refractivity (Wildman–Crippen MR) is 95.8 cm³/mol. The maximum Gasteiger partial charge on any atom is 0.225 e. The topological polar surface area (TPSA) is 54.9 Å². The monoisotopic (exact) mass is 329 g/mol. The van der Waals surface area contributed by atoms with Crippen molar-refractivity contribution in [3.05, 3.63) is 47.9 Å². The lowest BCUT2D eigenvalue weighted by Crippen LogP contribution is -2.12. The molecule has 1 aromatic carbocycles. The van der Waals surface area contributed by atoms with Gasteiger partial charge in [-0.3, -0.25) is 4.79 Å². The average molecular weight is 329 g/mol. The quantitative estimate of drug-likeness (QED) is 0.581. The van der Waals surface area contributed by atoms with Gasteiger partial charge in [0.2, 0.25) is 5.91 Å². The van der Waals surface area contributed by atoms with Crippen LogP contribution >= 0.6 is 11.8 Å². The van der Waals surface area contributed by atoms with Gasteiger partial charge in [-0.2, -0.15) is 0 Å². The number of carbonyl (C=O) groups excluding carboxylic acids is 1. The first-order valence-electron chi connectivity index (χ1n) is 7.97. The molecule has 4 nitrogen and oxygen atoms in total. The summed E-state index contributed by atoms with van der Waals surface area (Å²) < 4.78 is 0. The smallest absolute Gasteiger partial charge is 0.225 e. The fourth-order valence-electron chi connectivity index (χ4n) is 2.12.